The molecule has 16 heavy (non-hydrogen) atoms. The van der Waals surface area contributed by atoms with Gasteiger partial charge in [0, 0.05) is 34.2 Å². The summed E-state index contributed by atoms with van der Waals surface area (Å²) < 4.78 is 0. The molecule has 1 aromatic carbocycles. The molecule has 1 heterocycles. The minimum Gasteiger partial charge on any atom is -0.398 e. The van der Waals surface area contributed by atoms with Crippen LogP contribution in [0, 0.1) is 0 Å². The first-order valence-electron chi connectivity index (χ1n) is 4.66. The van der Waals surface area contributed by atoms with Crippen molar-refractivity contribution in [2.24, 2.45) is 0 Å². The zero-order valence-corrected chi connectivity index (χ0v) is 9.09. The van der Waals surface area contributed by atoms with Gasteiger partial charge in [-0.05, 0) is 12.1 Å². The predicted molar refractivity (Wildman–Crippen MR) is 62.0 cm³/mol. The lowest BCUT2D eigenvalue weighted by molar-refractivity contribution is 0.220. The summed E-state index contributed by atoms with van der Waals surface area (Å²) in [4.78, 5) is 7.68. The summed E-state index contributed by atoms with van der Waals surface area (Å²) in [7, 11) is 0. The lowest BCUT2D eigenvalue weighted by Crippen LogP contribution is -2.04. The number of nitrogens with zero attached hydrogens (tertiary/aromatic N) is 2. The molecule has 0 saturated carbocycles. The van der Waals surface area contributed by atoms with Gasteiger partial charge in [-0.2, -0.15) is 0 Å². The van der Waals surface area contributed by atoms with Gasteiger partial charge in [-0.15, -0.1) is 0 Å². The lowest BCUT2D eigenvalue weighted by atomic mass is 10.0. The van der Waals surface area contributed by atoms with Crippen LogP contribution in [0.5, 0.6) is 0 Å². The molecule has 0 aliphatic heterocycles. The van der Waals surface area contributed by atoms with Crippen LogP contribution in [-0.4, -0.2) is 15.1 Å². The zero-order chi connectivity index (χ0) is 11.5. The molecule has 0 spiro atoms. The Morgan fingerprint density at radius 1 is 1.25 bits per heavy atom. The Bertz CT molecular complexity index is 490. The number of nitrogen functional groups attached to an aromatic ring is 1. The Balaban J connectivity index is 2.38. The highest BCUT2D eigenvalue weighted by atomic mass is 35.5. The van der Waals surface area contributed by atoms with E-state index in [0.29, 0.717) is 21.8 Å². The van der Waals surface area contributed by atoms with Crippen molar-refractivity contribution in [3.05, 3.63) is 53.1 Å². The summed E-state index contributed by atoms with van der Waals surface area (Å²) >= 11 is 5.78. The van der Waals surface area contributed by atoms with Gasteiger partial charge in [-0.1, -0.05) is 17.7 Å². The molecule has 0 saturated heterocycles. The second-order valence-electron chi connectivity index (χ2n) is 3.35. The van der Waals surface area contributed by atoms with E-state index in [4.69, 9.17) is 17.3 Å². The van der Waals surface area contributed by atoms with E-state index in [0.717, 1.165) is 0 Å². The van der Waals surface area contributed by atoms with E-state index in [1.807, 2.05) is 0 Å². The van der Waals surface area contributed by atoms with Gasteiger partial charge in [0.25, 0.3) is 0 Å². The van der Waals surface area contributed by atoms with E-state index >= 15 is 0 Å². The fourth-order valence-corrected chi connectivity index (χ4v) is 1.61. The summed E-state index contributed by atoms with van der Waals surface area (Å²) in [6.45, 7) is 0. The molecule has 2 rings (SSSR count). The molecule has 0 aliphatic carbocycles. The number of rotatable bonds is 2. The number of nitrogens with two attached hydrogens (primary N) is 1. The molecule has 0 amide bonds. The third-order valence-corrected chi connectivity index (χ3v) is 2.47. The van der Waals surface area contributed by atoms with Crippen LogP contribution < -0.4 is 5.73 Å². The lowest BCUT2D eigenvalue weighted by Gasteiger charge is -2.13. The SMILES string of the molecule is Nc1cc(Cl)ccc1C(O)c1cncnc1. The molecule has 3 N–H and O–H groups in total. The molecule has 2 aromatic rings. The zero-order valence-electron chi connectivity index (χ0n) is 8.34. The van der Waals surface area contributed by atoms with Gasteiger partial charge in [0.1, 0.15) is 12.4 Å². The van der Waals surface area contributed by atoms with E-state index in [-0.39, 0.29) is 0 Å². The number of hydrogen-bond donors (Lipinski definition) is 2. The van der Waals surface area contributed by atoms with E-state index in [1.165, 1.54) is 6.33 Å². The first-order chi connectivity index (χ1) is 7.68. The first kappa shape index (κ1) is 10.9. The molecule has 4 nitrogen and oxygen atoms in total. The van der Waals surface area contributed by atoms with Gasteiger partial charge >= 0.3 is 0 Å². The van der Waals surface area contributed by atoms with Gasteiger partial charge in [-0.25, -0.2) is 9.97 Å². The van der Waals surface area contributed by atoms with Crippen LogP contribution >= 0.6 is 11.6 Å². The Kier molecular flexibility index (Phi) is 3.03. The monoisotopic (exact) mass is 235 g/mol. The van der Waals surface area contributed by atoms with Crippen molar-refractivity contribution in [3.8, 4) is 0 Å². The van der Waals surface area contributed by atoms with Gasteiger partial charge < -0.3 is 10.8 Å². The number of aliphatic hydroxyl groups is 1. The van der Waals surface area contributed by atoms with Crippen molar-refractivity contribution in [2.45, 2.75) is 6.10 Å². The second-order valence-corrected chi connectivity index (χ2v) is 3.78. The molecule has 1 aromatic heterocycles. The van der Waals surface area contributed by atoms with Crippen LogP contribution in [0.25, 0.3) is 0 Å². The number of aliphatic hydroxyl groups excluding tert-OH is 1. The van der Waals surface area contributed by atoms with Crippen molar-refractivity contribution < 1.29 is 5.11 Å². The second kappa shape index (κ2) is 4.47. The number of aromatic nitrogens is 2. The van der Waals surface area contributed by atoms with Gasteiger partial charge in [-0.3, -0.25) is 0 Å². The highest BCUT2D eigenvalue weighted by Crippen LogP contribution is 2.27. The van der Waals surface area contributed by atoms with Crippen molar-refractivity contribution in [3.63, 3.8) is 0 Å². The van der Waals surface area contributed by atoms with Crippen molar-refractivity contribution in [2.75, 3.05) is 5.73 Å². The Morgan fingerprint density at radius 3 is 2.56 bits per heavy atom. The average Bonchev–Trinajstić information content (AvgIpc) is 2.29. The molecule has 1 atom stereocenters. The van der Waals surface area contributed by atoms with Crippen LogP contribution in [0.4, 0.5) is 5.69 Å². The number of anilines is 1. The van der Waals surface area contributed by atoms with E-state index in [1.54, 1.807) is 30.6 Å². The van der Waals surface area contributed by atoms with Crippen LogP contribution in [0.1, 0.15) is 17.2 Å². The fraction of sp³-hybridized carbons (Fsp3) is 0.0909. The smallest absolute Gasteiger partial charge is 0.115 e. The number of halogens is 1. The normalized spacial score (nSPS) is 12.4. The van der Waals surface area contributed by atoms with Gasteiger partial charge in [0.15, 0.2) is 0 Å². The van der Waals surface area contributed by atoms with Crippen LogP contribution in [0.15, 0.2) is 36.9 Å². The number of benzene rings is 1. The summed E-state index contributed by atoms with van der Waals surface area (Å²) in [5.74, 6) is 0. The average molecular weight is 236 g/mol. The molecular formula is C11H10ClN3O. The van der Waals surface area contributed by atoms with Crippen LogP contribution in [-0.2, 0) is 0 Å². The standard InChI is InChI=1S/C11H10ClN3O/c12-8-1-2-9(10(13)3-8)11(16)7-4-14-6-15-5-7/h1-6,11,16H,13H2. The molecule has 1 unspecified atom stereocenters. The quantitative estimate of drug-likeness (QED) is 0.779. The molecule has 0 bridgehead atoms. The molecule has 5 heteroatoms. The van der Waals surface area contributed by atoms with Crippen molar-refractivity contribution in [1.29, 1.82) is 0 Å². The van der Waals surface area contributed by atoms with Gasteiger partial charge in [0.05, 0.1) is 0 Å². The van der Waals surface area contributed by atoms with Crippen LogP contribution in [0.2, 0.25) is 5.02 Å². The topological polar surface area (TPSA) is 72.0 Å². The summed E-state index contributed by atoms with van der Waals surface area (Å²) in [6, 6.07) is 4.97. The Hall–Kier alpha value is -1.65. The fourth-order valence-electron chi connectivity index (χ4n) is 1.43. The molecule has 0 radical (unpaired) electrons. The van der Waals surface area contributed by atoms with E-state index in [9.17, 15) is 5.11 Å². The van der Waals surface area contributed by atoms with Crippen molar-refractivity contribution in [1.82, 2.24) is 9.97 Å². The highest BCUT2D eigenvalue weighted by molar-refractivity contribution is 6.30. The third kappa shape index (κ3) is 2.13. The molecule has 0 fully saturated rings. The molecule has 82 valence electrons. The Labute approximate surface area is 97.7 Å². The predicted octanol–water partition coefficient (Wildman–Crippen LogP) is 1.79. The maximum Gasteiger partial charge on any atom is 0.115 e. The minimum atomic E-state index is -0.835. The Morgan fingerprint density at radius 2 is 1.94 bits per heavy atom. The van der Waals surface area contributed by atoms with Crippen LogP contribution in [0.3, 0.4) is 0 Å². The van der Waals surface area contributed by atoms with Gasteiger partial charge in [0.2, 0.25) is 0 Å². The summed E-state index contributed by atoms with van der Waals surface area (Å²) in [5, 5.41) is 10.6. The van der Waals surface area contributed by atoms with Crippen molar-refractivity contribution >= 4 is 17.3 Å². The summed E-state index contributed by atoms with van der Waals surface area (Å²) in [6.07, 6.45) is 3.66. The molecule has 0 aliphatic rings. The van der Waals surface area contributed by atoms with E-state index < -0.39 is 6.10 Å². The summed E-state index contributed by atoms with van der Waals surface area (Å²) in [5.41, 5.74) is 7.41. The third-order valence-electron chi connectivity index (χ3n) is 2.24. The van der Waals surface area contributed by atoms with E-state index in [2.05, 4.69) is 9.97 Å². The minimum absolute atomic E-state index is 0.448. The number of hydrogen-bond acceptors (Lipinski definition) is 4. The largest absolute Gasteiger partial charge is 0.398 e. The maximum absolute atomic E-state index is 10.1. The first-order valence-corrected chi connectivity index (χ1v) is 5.04. The maximum atomic E-state index is 10.1. The molecular weight excluding hydrogens is 226 g/mol. The highest BCUT2D eigenvalue weighted by Gasteiger charge is 2.13.